The van der Waals surface area contributed by atoms with Crippen LogP contribution in [0.4, 0.5) is 0 Å². The molecule has 0 amide bonds. The molecule has 0 aliphatic carbocycles. The first-order valence-corrected chi connectivity index (χ1v) is 4.67. The molecule has 0 aliphatic heterocycles. The molecule has 0 aromatic rings. The lowest BCUT2D eigenvalue weighted by atomic mass is 10.0. The highest BCUT2D eigenvalue weighted by molar-refractivity contribution is 5.82. The first-order valence-electron chi connectivity index (χ1n) is 4.67. The second-order valence-corrected chi connectivity index (χ2v) is 3.38. The van der Waals surface area contributed by atoms with Crippen molar-refractivity contribution in [2.75, 3.05) is 20.8 Å². The van der Waals surface area contributed by atoms with Gasteiger partial charge >= 0.3 is 5.97 Å². The Kier molecular flexibility index (Phi) is 7.02. The standard InChI is InChI=1S/C10H18O4/c1-8(7-13-2)6-9(11)4-5-10(12)14-3/h8H,4-7H2,1-3H3. The van der Waals surface area contributed by atoms with Gasteiger partial charge in [-0.15, -0.1) is 0 Å². The summed E-state index contributed by atoms with van der Waals surface area (Å²) in [4.78, 5) is 22.0. The summed E-state index contributed by atoms with van der Waals surface area (Å²) in [7, 11) is 2.93. The number of hydrogen-bond acceptors (Lipinski definition) is 4. The third-order valence-electron chi connectivity index (χ3n) is 1.86. The van der Waals surface area contributed by atoms with Gasteiger partial charge in [-0.2, -0.15) is 0 Å². The Balaban J connectivity index is 3.59. The molecule has 0 rings (SSSR count). The number of Topliss-reactive ketones (excluding diaryl/α,β-unsaturated/α-hetero) is 1. The van der Waals surface area contributed by atoms with Gasteiger partial charge in [0, 0.05) is 26.6 Å². The van der Waals surface area contributed by atoms with Crippen molar-refractivity contribution in [2.24, 2.45) is 5.92 Å². The molecule has 82 valence electrons. The second-order valence-electron chi connectivity index (χ2n) is 3.38. The number of ketones is 1. The zero-order valence-electron chi connectivity index (χ0n) is 9.04. The minimum Gasteiger partial charge on any atom is -0.469 e. The first-order chi connectivity index (χ1) is 6.60. The molecule has 1 atom stereocenters. The van der Waals surface area contributed by atoms with Crippen LogP contribution in [-0.4, -0.2) is 32.6 Å². The van der Waals surface area contributed by atoms with Gasteiger partial charge in [-0.3, -0.25) is 9.59 Å². The zero-order chi connectivity index (χ0) is 11.0. The molecule has 1 unspecified atom stereocenters. The van der Waals surface area contributed by atoms with E-state index < -0.39 is 0 Å². The summed E-state index contributed by atoms with van der Waals surface area (Å²) >= 11 is 0. The predicted octanol–water partition coefficient (Wildman–Crippen LogP) is 1.18. The third-order valence-corrected chi connectivity index (χ3v) is 1.86. The fourth-order valence-corrected chi connectivity index (χ4v) is 1.18. The van der Waals surface area contributed by atoms with Gasteiger partial charge in [0.05, 0.1) is 13.5 Å². The Hall–Kier alpha value is -0.900. The summed E-state index contributed by atoms with van der Waals surface area (Å²) < 4.78 is 9.34. The Labute approximate surface area is 84.6 Å². The van der Waals surface area contributed by atoms with Crippen molar-refractivity contribution in [1.82, 2.24) is 0 Å². The topological polar surface area (TPSA) is 52.6 Å². The van der Waals surface area contributed by atoms with Crippen molar-refractivity contribution in [1.29, 1.82) is 0 Å². The molecule has 0 radical (unpaired) electrons. The molecule has 0 aromatic carbocycles. The molecule has 0 aromatic heterocycles. The molecular weight excluding hydrogens is 184 g/mol. The van der Waals surface area contributed by atoms with Crippen molar-refractivity contribution in [3.8, 4) is 0 Å². The fourth-order valence-electron chi connectivity index (χ4n) is 1.18. The van der Waals surface area contributed by atoms with Gasteiger partial charge in [-0.1, -0.05) is 6.92 Å². The van der Waals surface area contributed by atoms with E-state index in [4.69, 9.17) is 4.74 Å². The van der Waals surface area contributed by atoms with Crippen molar-refractivity contribution in [3.05, 3.63) is 0 Å². The van der Waals surface area contributed by atoms with Crippen molar-refractivity contribution in [3.63, 3.8) is 0 Å². The summed E-state index contributed by atoms with van der Waals surface area (Å²) in [5, 5.41) is 0. The number of ether oxygens (including phenoxy) is 2. The van der Waals surface area contributed by atoms with Crippen LogP contribution in [-0.2, 0) is 19.1 Å². The molecule has 0 saturated heterocycles. The largest absolute Gasteiger partial charge is 0.469 e. The molecular formula is C10H18O4. The van der Waals surface area contributed by atoms with Crippen LogP contribution in [0.3, 0.4) is 0 Å². The van der Waals surface area contributed by atoms with Gasteiger partial charge in [-0.25, -0.2) is 0 Å². The van der Waals surface area contributed by atoms with Crippen LogP contribution in [0.15, 0.2) is 0 Å². The summed E-state index contributed by atoms with van der Waals surface area (Å²) in [6, 6.07) is 0. The third kappa shape index (κ3) is 6.60. The molecule has 14 heavy (non-hydrogen) atoms. The van der Waals surface area contributed by atoms with E-state index in [-0.39, 0.29) is 30.5 Å². The normalized spacial score (nSPS) is 12.2. The smallest absolute Gasteiger partial charge is 0.305 e. The van der Waals surface area contributed by atoms with E-state index in [9.17, 15) is 9.59 Å². The summed E-state index contributed by atoms with van der Waals surface area (Å²) in [5.41, 5.74) is 0. The van der Waals surface area contributed by atoms with Crippen LogP contribution in [0.2, 0.25) is 0 Å². The lowest BCUT2D eigenvalue weighted by Gasteiger charge is -2.08. The minimum absolute atomic E-state index is 0.0833. The molecule has 0 heterocycles. The number of methoxy groups -OCH3 is 2. The maximum atomic E-state index is 11.3. The first kappa shape index (κ1) is 13.1. The molecule has 4 heteroatoms. The van der Waals surface area contributed by atoms with Crippen LogP contribution in [0.1, 0.15) is 26.2 Å². The Bertz CT molecular complexity index is 189. The van der Waals surface area contributed by atoms with E-state index in [2.05, 4.69) is 4.74 Å². The maximum Gasteiger partial charge on any atom is 0.305 e. The monoisotopic (exact) mass is 202 g/mol. The number of rotatable bonds is 7. The lowest BCUT2D eigenvalue weighted by Crippen LogP contribution is -2.12. The minimum atomic E-state index is -0.335. The SMILES string of the molecule is COCC(C)CC(=O)CCC(=O)OC. The van der Waals surface area contributed by atoms with E-state index >= 15 is 0 Å². The van der Waals surface area contributed by atoms with Crippen LogP contribution in [0.5, 0.6) is 0 Å². The Morgan fingerprint density at radius 2 is 1.86 bits per heavy atom. The molecule has 0 saturated carbocycles. The summed E-state index contributed by atoms with van der Waals surface area (Å²) in [6.07, 6.45) is 0.903. The molecule has 0 fully saturated rings. The van der Waals surface area contributed by atoms with E-state index in [1.807, 2.05) is 6.92 Å². The number of carbonyl (C=O) groups is 2. The van der Waals surface area contributed by atoms with Gasteiger partial charge in [0.1, 0.15) is 5.78 Å². The van der Waals surface area contributed by atoms with Gasteiger partial charge in [-0.05, 0) is 5.92 Å². The maximum absolute atomic E-state index is 11.3. The van der Waals surface area contributed by atoms with Crippen LogP contribution in [0, 0.1) is 5.92 Å². The van der Waals surface area contributed by atoms with E-state index in [0.29, 0.717) is 13.0 Å². The molecule has 0 bridgehead atoms. The summed E-state index contributed by atoms with van der Waals surface area (Å²) in [6.45, 7) is 2.52. The predicted molar refractivity (Wildman–Crippen MR) is 51.9 cm³/mol. The molecule has 0 N–H and O–H groups in total. The highest BCUT2D eigenvalue weighted by Gasteiger charge is 2.10. The van der Waals surface area contributed by atoms with E-state index in [1.54, 1.807) is 7.11 Å². The van der Waals surface area contributed by atoms with Gasteiger partial charge in [0.15, 0.2) is 0 Å². The number of esters is 1. The van der Waals surface area contributed by atoms with Crippen molar-refractivity contribution in [2.45, 2.75) is 26.2 Å². The number of hydrogen-bond donors (Lipinski definition) is 0. The molecule has 4 nitrogen and oxygen atoms in total. The van der Waals surface area contributed by atoms with Crippen molar-refractivity contribution >= 4 is 11.8 Å². The Morgan fingerprint density at radius 1 is 1.21 bits per heavy atom. The average Bonchev–Trinajstić information content (AvgIpc) is 2.14. The molecule has 0 aliphatic rings. The zero-order valence-corrected chi connectivity index (χ0v) is 9.04. The molecule has 0 spiro atoms. The highest BCUT2D eigenvalue weighted by Crippen LogP contribution is 2.06. The van der Waals surface area contributed by atoms with Gasteiger partial charge in [0.25, 0.3) is 0 Å². The number of carbonyl (C=O) groups excluding carboxylic acids is 2. The Morgan fingerprint density at radius 3 is 2.36 bits per heavy atom. The van der Waals surface area contributed by atoms with Crippen molar-refractivity contribution < 1.29 is 19.1 Å². The van der Waals surface area contributed by atoms with Gasteiger partial charge < -0.3 is 9.47 Å². The lowest BCUT2D eigenvalue weighted by molar-refractivity contribution is -0.142. The van der Waals surface area contributed by atoms with Gasteiger partial charge in [0.2, 0.25) is 0 Å². The van der Waals surface area contributed by atoms with E-state index in [1.165, 1.54) is 7.11 Å². The van der Waals surface area contributed by atoms with E-state index in [0.717, 1.165) is 0 Å². The fraction of sp³-hybridized carbons (Fsp3) is 0.800. The second kappa shape index (κ2) is 7.50. The van der Waals surface area contributed by atoms with Crippen LogP contribution < -0.4 is 0 Å². The highest BCUT2D eigenvalue weighted by atomic mass is 16.5. The summed E-state index contributed by atoms with van der Waals surface area (Å²) in [5.74, 6) is -0.0390. The quantitative estimate of drug-likeness (QED) is 0.582. The van der Waals surface area contributed by atoms with Crippen LogP contribution in [0.25, 0.3) is 0 Å². The van der Waals surface area contributed by atoms with Crippen LogP contribution >= 0.6 is 0 Å². The average molecular weight is 202 g/mol.